The third kappa shape index (κ3) is 10.3. The van der Waals surface area contributed by atoms with Gasteiger partial charge in [-0.2, -0.15) is 41.6 Å². The van der Waals surface area contributed by atoms with Gasteiger partial charge in [-0.1, -0.05) is 161 Å². The fourth-order valence-corrected chi connectivity index (χ4v) is 9.87. The molecule has 0 aromatic heterocycles. The molecule has 8 aromatic rings. The summed E-state index contributed by atoms with van der Waals surface area (Å²) >= 11 is -0.826. The van der Waals surface area contributed by atoms with Crippen LogP contribution in [0.3, 0.4) is 0 Å². The molecule has 0 N–H and O–H groups in total. The van der Waals surface area contributed by atoms with Crippen molar-refractivity contribution in [3.8, 4) is 33.4 Å². The summed E-state index contributed by atoms with van der Waals surface area (Å²) in [6, 6.07) is 54.6. The van der Waals surface area contributed by atoms with E-state index >= 15 is 0 Å². The maximum Gasteiger partial charge on any atom is 0.0920 e. The molecule has 9 rings (SSSR count). The molecule has 1 aliphatic heterocycles. The smallest absolute Gasteiger partial charge is 0.0920 e. The van der Waals surface area contributed by atoms with Crippen molar-refractivity contribution in [2.24, 2.45) is 0 Å². The van der Waals surface area contributed by atoms with Gasteiger partial charge in [0.2, 0.25) is 0 Å². The summed E-state index contributed by atoms with van der Waals surface area (Å²) in [6.07, 6.45) is 4.35. The molecule has 8 aromatic carbocycles. The average Bonchev–Trinajstić information content (AvgIpc) is 4.01. The van der Waals surface area contributed by atoms with Crippen LogP contribution in [0, 0.1) is 6.07 Å². The van der Waals surface area contributed by atoms with Gasteiger partial charge in [0.25, 0.3) is 0 Å². The molecule has 0 fully saturated rings. The first-order valence-corrected chi connectivity index (χ1v) is 28.9. The number of aryl methyl sites for hydroxylation is 4. The Morgan fingerprint density at radius 3 is 1.42 bits per heavy atom. The predicted molar refractivity (Wildman–Crippen MR) is 263 cm³/mol. The minimum absolute atomic E-state index is 0.532. The standard InChI is InChI=1S/2C22H25.C12H7Si.2ClH.Zr/c2*1-5-16-13-18-11-12-19(15(3)4)22(21(18)14-16)20-10-8-7-9-17(20)6-2;1-3-7-11-9(5-1)10-6-2-4-8-12(10)13-11;;;/h2*7-15H,5-6H2,1-4H3;1-7H;2*1H;/q3*-1;;;+2/p-2. The van der Waals surface area contributed by atoms with E-state index in [4.69, 9.17) is 17.0 Å². The van der Waals surface area contributed by atoms with Crippen LogP contribution in [0.25, 0.3) is 54.9 Å². The largest absolute Gasteiger partial charge is 0.184 e. The Hall–Kier alpha value is -3.78. The molecule has 1 aliphatic rings. The molecule has 0 saturated carbocycles. The van der Waals surface area contributed by atoms with E-state index in [0.29, 0.717) is 11.8 Å². The molecule has 0 saturated heterocycles. The number of hydrogen-bond acceptors (Lipinski definition) is 0. The van der Waals surface area contributed by atoms with Gasteiger partial charge in [0.15, 0.2) is 0 Å². The number of rotatable bonds is 8. The normalized spacial score (nSPS) is 11.3. The second kappa shape index (κ2) is 21.8. The summed E-state index contributed by atoms with van der Waals surface area (Å²) in [6.45, 7) is 18.1. The monoisotopic (exact) mass is 917 g/mol. The Bertz CT molecular complexity index is 2460. The number of fused-ring (bicyclic) bond motifs is 5. The zero-order chi connectivity index (χ0) is 42.8. The Labute approximate surface area is 381 Å². The zero-order valence-electron chi connectivity index (χ0n) is 36.5. The molecule has 0 nitrogen and oxygen atoms in total. The molecular weight excluding hydrogens is 863 g/mol. The van der Waals surface area contributed by atoms with E-state index in [-0.39, 0.29) is 0 Å². The minimum atomic E-state index is -0.826. The quantitative estimate of drug-likeness (QED) is 0.105. The van der Waals surface area contributed by atoms with Gasteiger partial charge in [-0.3, -0.25) is 0 Å². The first-order valence-electron chi connectivity index (χ1n) is 21.6. The van der Waals surface area contributed by atoms with Gasteiger partial charge < -0.3 is 0 Å². The van der Waals surface area contributed by atoms with Crippen LogP contribution < -0.4 is 10.4 Å². The van der Waals surface area contributed by atoms with Crippen molar-refractivity contribution in [1.82, 2.24) is 0 Å². The average molecular weight is 920 g/mol. The van der Waals surface area contributed by atoms with Crippen molar-refractivity contribution in [2.45, 2.75) is 92.9 Å². The fraction of sp³-hybridized carbons (Fsp3) is 0.250. The molecule has 0 bridgehead atoms. The molecule has 4 heteroatoms. The second-order valence-corrected chi connectivity index (χ2v) is 21.1. The third-order valence-corrected chi connectivity index (χ3v) is 13.1. The van der Waals surface area contributed by atoms with Crippen molar-refractivity contribution >= 4 is 58.5 Å². The number of benzene rings is 6. The molecule has 306 valence electrons. The van der Waals surface area contributed by atoms with Crippen molar-refractivity contribution < 1.29 is 20.8 Å². The fourth-order valence-electron chi connectivity index (χ4n) is 8.56. The van der Waals surface area contributed by atoms with Crippen LogP contribution in [0.15, 0.2) is 140 Å². The van der Waals surface area contributed by atoms with Crippen molar-refractivity contribution in [3.05, 3.63) is 179 Å². The van der Waals surface area contributed by atoms with E-state index in [1.54, 1.807) is 0 Å². The van der Waals surface area contributed by atoms with E-state index in [1.807, 2.05) is 6.07 Å². The van der Waals surface area contributed by atoms with Crippen LogP contribution in [0.4, 0.5) is 0 Å². The Morgan fingerprint density at radius 2 is 0.967 bits per heavy atom. The molecule has 0 amide bonds. The molecule has 0 aliphatic carbocycles. The van der Waals surface area contributed by atoms with Gasteiger partial charge in [-0.15, -0.1) is 74.6 Å². The summed E-state index contributed by atoms with van der Waals surface area (Å²) < 4.78 is 0. The van der Waals surface area contributed by atoms with E-state index < -0.39 is 20.8 Å². The maximum absolute atomic E-state index is 4.93. The third-order valence-electron chi connectivity index (χ3n) is 11.7. The number of halogens is 2. The Morgan fingerprint density at radius 1 is 0.533 bits per heavy atom. The molecular formula is C56H57Cl2SiZr-3. The first kappa shape index (κ1) is 45.7. The van der Waals surface area contributed by atoms with Gasteiger partial charge >= 0.3 is 37.9 Å². The topological polar surface area (TPSA) is 0 Å². The maximum atomic E-state index is 4.93. The molecule has 0 atom stereocenters. The van der Waals surface area contributed by atoms with Crippen molar-refractivity contribution in [3.63, 3.8) is 0 Å². The van der Waals surface area contributed by atoms with Crippen LogP contribution >= 0.6 is 17.0 Å². The van der Waals surface area contributed by atoms with Gasteiger partial charge in [-0.25, -0.2) is 0 Å². The van der Waals surface area contributed by atoms with Crippen LogP contribution in [-0.2, 0) is 46.5 Å². The Kier molecular flexibility index (Phi) is 16.6. The Balaban J connectivity index is 0.000000150. The molecule has 60 heavy (non-hydrogen) atoms. The second-order valence-electron chi connectivity index (χ2n) is 16.0. The van der Waals surface area contributed by atoms with Crippen LogP contribution in [0.1, 0.15) is 101 Å². The number of hydrogen-bond donors (Lipinski definition) is 0. The van der Waals surface area contributed by atoms with Gasteiger partial charge in [0.05, 0.1) is 9.52 Å². The van der Waals surface area contributed by atoms with Gasteiger partial charge in [0, 0.05) is 0 Å². The van der Waals surface area contributed by atoms with Crippen molar-refractivity contribution in [2.75, 3.05) is 0 Å². The van der Waals surface area contributed by atoms with Crippen LogP contribution in [-0.4, -0.2) is 9.52 Å². The summed E-state index contributed by atoms with van der Waals surface area (Å²) in [4.78, 5) is 0. The summed E-state index contributed by atoms with van der Waals surface area (Å²) in [7, 11) is 10.7. The van der Waals surface area contributed by atoms with Gasteiger partial charge in [-0.05, 0) is 59.8 Å². The summed E-state index contributed by atoms with van der Waals surface area (Å²) in [5, 5.41) is 8.42. The molecule has 2 radical (unpaired) electrons. The van der Waals surface area contributed by atoms with Crippen molar-refractivity contribution in [1.29, 1.82) is 0 Å². The molecule has 1 heterocycles. The molecule has 0 unspecified atom stereocenters. The predicted octanol–water partition coefficient (Wildman–Crippen LogP) is 15.4. The minimum Gasteiger partial charge on any atom is -0.184 e. The molecule has 0 spiro atoms. The van der Waals surface area contributed by atoms with Crippen LogP contribution in [0.5, 0.6) is 0 Å². The van der Waals surface area contributed by atoms with Crippen LogP contribution in [0.2, 0.25) is 0 Å². The summed E-state index contributed by atoms with van der Waals surface area (Å²) in [5.74, 6) is 1.06. The van der Waals surface area contributed by atoms with E-state index in [2.05, 4.69) is 195 Å². The van der Waals surface area contributed by atoms with E-state index in [9.17, 15) is 0 Å². The summed E-state index contributed by atoms with van der Waals surface area (Å²) in [5.41, 5.74) is 17.2. The SMILES string of the molecule is CCc1cc2c(-c3ccccc3CC)c(C(C)C)ccc2[cH-]1.CCc1cc2c(-c3ccccc3CC)c(C(C)C)ccc2[cH-]1.[Cl][Zr][Cl].[c-]1cccc2c1[Si]c1ccccc1-2. The van der Waals surface area contributed by atoms with Gasteiger partial charge in [0.1, 0.15) is 0 Å². The first-order chi connectivity index (χ1) is 29.2. The van der Waals surface area contributed by atoms with E-state index in [0.717, 1.165) is 35.2 Å². The zero-order valence-corrected chi connectivity index (χ0v) is 41.5. The van der Waals surface area contributed by atoms with E-state index in [1.165, 1.54) is 98.7 Å².